The number of nitrogens with one attached hydrogen (secondary N) is 1. The Hall–Kier alpha value is -1.56. The second-order valence-corrected chi connectivity index (χ2v) is 3.34. The van der Waals surface area contributed by atoms with Gasteiger partial charge in [0.1, 0.15) is 0 Å². The second-order valence-electron chi connectivity index (χ2n) is 3.34. The van der Waals surface area contributed by atoms with Gasteiger partial charge in [-0.2, -0.15) is 14.6 Å². The molecule has 5 nitrogen and oxygen atoms in total. The molecule has 0 radical (unpaired) electrons. The average Bonchev–Trinajstić information content (AvgIpc) is 2.74. The summed E-state index contributed by atoms with van der Waals surface area (Å²) in [5.41, 5.74) is 1.40. The summed E-state index contributed by atoms with van der Waals surface area (Å²) in [4.78, 5) is 0. The van der Waals surface area contributed by atoms with Gasteiger partial charge in [0.05, 0.1) is 18.1 Å². The molecule has 0 aromatic carbocycles. The highest BCUT2D eigenvalue weighted by Gasteiger charge is 2.06. The quantitative estimate of drug-likeness (QED) is 0.888. The zero-order valence-electron chi connectivity index (χ0n) is 9.01. The number of aryl methyl sites for hydroxylation is 2. The van der Waals surface area contributed by atoms with Crippen LogP contribution in [0.4, 0.5) is 10.1 Å². The van der Waals surface area contributed by atoms with Gasteiger partial charge in [0, 0.05) is 32.4 Å². The van der Waals surface area contributed by atoms with E-state index in [-0.39, 0.29) is 18.4 Å². The standard InChI is InChI=1S/C9H12FN5.ClH/c1-14-6-8(5-12-14)11-3-7-4-13-15(2)9(7)10;/h4-6,11H,3H2,1-2H3;1H. The average molecular weight is 246 g/mol. The van der Waals surface area contributed by atoms with E-state index in [0.29, 0.717) is 12.1 Å². The zero-order chi connectivity index (χ0) is 10.8. The maximum atomic E-state index is 13.3. The fourth-order valence-corrected chi connectivity index (χ4v) is 1.30. The largest absolute Gasteiger partial charge is 0.378 e. The topological polar surface area (TPSA) is 47.7 Å². The predicted molar refractivity (Wildman–Crippen MR) is 60.9 cm³/mol. The van der Waals surface area contributed by atoms with E-state index in [4.69, 9.17) is 0 Å². The van der Waals surface area contributed by atoms with E-state index in [2.05, 4.69) is 15.5 Å². The SMILES string of the molecule is Cl.Cn1cc(NCc2cnn(C)c2F)cn1. The molecule has 0 fully saturated rings. The summed E-state index contributed by atoms with van der Waals surface area (Å²) in [6.45, 7) is 0.408. The van der Waals surface area contributed by atoms with Gasteiger partial charge in [0.25, 0.3) is 0 Å². The highest BCUT2D eigenvalue weighted by Crippen LogP contribution is 2.09. The Balaban J connectivity index is 0.00000128. The fourth-order valence-electron chi connectivity index (χ4n) is 1.30. The number of anilines is 1. The summed E-state index contributed by atoms with van der Waals surface area (Å²) in [6, 6.07) is 0. The van der Waals surface area contributed by atoms with Crippen LogP contribution in [0.5, 0.6) is 0 Å². The Morgan fingerprint density at radius 3 is 2.56 bits per heavy atom. The van der Waals surface area contributed by atoms with Crippen molar-refractivity contribution in [3.63, 3.8) is 0 Å². The molecule has 0 aliphatic carbocycles. The predicted octanol–water partition coefficient (Wildman–Crippen LogP) is 1.33. The van der Waals surface area contributed by atoms with Gasteiger partial charge in [-0.15, -0.1) is 12.4 Å². The lowest BCUT2D eigenvalue weighted by molar-refractivity contribution is 0.496. The van der Waals surface area contributed by atoms with Gasteiger partial charge in [0.2, 0.25) is 5.95 Å². The summed E-state index contributed by atoms with van der Waals surface area (Å²) in [5, 5.41) is 10.9. The van der Waals surface area contributed by atoms with Crippen molar-refractivity contribution in [2.24, 2.45) is 14.1 Å². The highest BCUT2D eigenvalue weighted by molar-refractivity contribution is 5.85. The molecule has 2 rings (SSSR count). The summed E-state index contributed by atoms with van der Waals surface area (Å²) in [6.07, 6.45) is 5.03. The monoisotopic (exact) mass is 245 g/mol. The van der Waals surface area contributed by atoms with Crippen molar-refractivity contribution in [1.29, 1.82) is 0 Å². The lowest BCUT2D eigenvalue weighted by Gasteiger charge is -2.00. The van der Waals surface area contributed by atoms with E-state index in [1.807, 2.05) is 13.2 Å². The van der Waals surface area contributed by atoms with Gasteiger partial charge in [-0.3, -0.25) is 4.68 Å². The molecular weight excluding hydrogens is 233 g/mol. The van der Waals surface area contributed by atoms with Gasteiger partial charge in [-0.05, 0) is 0 Å². The summed E-state index contributed by atoms with van der Waals surface area (Å²) >= 11 is 0. The smallest absolute Gasteiger partial charge is 0.216 e. The molecule has 0 saturated carbocycles. The molecular formula is C9H13ClFN5. The van der Waals surface area contributed by atoms with Crippen molar-refractivity contribution < 1.29 is 4.39 Å². The van der Waals surface area contributed by atoms with Crippen LogP contribution in [0.3, 0.4) is 0 Å². The number of halogens is 2. The van der Waals surface area contributed by atoms with Gasteiger partial charge >= 0.3 is 0 Å². The van der Waals surface area contributed by atoms with E-state index in [0.717, 1.165) is 5.69 Å². The molecule has 0 saturated heterocycles. The Morgan fingerprint density at radius 2 is 2.06 bits per heavy atom. The van der Waals surface area contributed by atoms with Crippen molar-refractivity contribution in [3.05, 3.63) is 30.1 Å². The molecule has 0 bridgehead atoms. The number of hydrogen-bond donors (Lipinski definition) is 1. The Kier molecular flexibility index (Phi) is 3.89. The minimum atomic E-state index is -0.314. The van der Waals surface area contributed by atoms with Crippen molar-refractivity contribution >= 4 is 18.1 Å². The maximum absolute atomic E-state index is 13.3. The number of hydrogen-bond acceptors (Lipinski definition) is 3. The molecule has 16 heavy (non-hydrogen) atoms. The molecule has 2 heterocycles. The molecule has 0 unspecified atom stereocenters. The van der Waals surface area contributed by atoms with Crippen LogP contribution >= 0.6 is 12.4 Å². The summed E-state index contributed by atoms with van der Waals surface area (Å²) < 4.78 is 16.2. The van der Waals surface area contributed by atoms with Crippen LogP contribution in [-0.4, -0.2) is 19.6 Å². The Labute approximate surface area is 98.7 Å². The van der Waals surface area contributed by atoms with Crippen LogP contribution in [0.15, 0.2) is 18.6 Å². The molecule has 2 aromatic rings. The minimum absolute atomic E-state index is 0. The molecule has 0 spiro atoms. The second kappa shape index (κ2) is 4.98. The van der Waals surface area contributed by atoms with Gasteiger partial charge in [0.15, 0.2) is 0 Å². The van der Waals surface area contributed by atoms with Crippen molar-refractivity contribution in [2.45, 2.75) is 6.54 Å². The maximum Gasteiger partial charge on any atom is 0.216 e. The molecule has 1 N–H and O–H groups in total. The first kappa shape index (κ1) is 12.5. The first-order valence-corrected chi connectivity index (χ1v) is 4.55. The van der Waals surface area contributed by atoms with Crippen LogP contribution in [0, 0.1) is 5.95 Å². The van der Waals surface area contributed by atoms with Gasteiger partial charge in [-0.1, -0.05) is 0 Å². The van der Waals surface area contributed by atoms with Crippen molar-refractivity contribution in [3.8, 4) is 0 Å². The van der Waals surface area contributed by atoms with E-state index in [1.54, 1.807) is 17.9 Å². The van der Waals surface area contributed by atoms with Crippen molar-refractivity contribution in [1.82, 2.24) is 19.6 Å². The van der Waals surface area contributed by atoms with Gasteiger partial charge < -0.3 is 5.32 Å². The van der Waals surface area contributed by atoms with Crippen LogP contribution in [0.1, 0.15) is 5.56 Å². The molecule has 0 aliphatic heterocycles. The Bertz CT molecular complexity index is 464. The first-order valence-electron chi connectivity index (χ1n) is 4.55. The van der Waals surface area contributed by atoms with Crippen LogP contribution in [0.25, 0.3) is 0 Å². The molecule has 0 aliphatic rings. The number of rotatable bonds is 3. The normalized spacial score (nSPS) is 9.94. The lowest BCUT2D eigenvalue weighted by atomic mass is 10.3. The highest BCUT2D eigenvalue weighted by atomic mass is 35.5. The van der Waals surface area contributed by atoms with Crippen molar-refractivity contribution in [2.75, 3.05) is 5.32 Å². The first-order chi connectivity index (χ1) is 7.16. The molecule has 2 aromatic heterocycles. The summed E-state index contributed by atoms with van der Waals surface area (Å²) in [5.74, 6) is -0.314. The van der Waals surface area contributed by atoms with E-state index in [1.165, 1.54) is 10.9 Å². The molecule has 0 atom stereocenters. The van der Waals surface area contributed by atoms with E-state index >= 15 is 0 Å². The van der Waals surface area contributed by atoms with Crippen LogP contribution in [-0.2, 0) is 20.6 Å². The third kappa shape index (κ3) is 2.52. The van der Waals surface area contributed by atoms with Crippen LogP contribution in [0.2, 0.25) is 0 Å². The Morgan fingerprint density at radius 1 is 1.31 bits per heavy atom. The third-order valence-corrected chi connectivity index (χ3v) is 2.12. The third-order valence-electron chi connectivity index (χ3n) is 2.12. The fraction of sp³-hybridized carbons (Fsp3) is 0.333. The number of aromatic nitrogens is 4. The molecule has 88 valence electrons. The minimum Gasteiger partial charge on any atom is -0.378 e. The lowest BCUT2D eigenvalue weighted by Crippen LogP contribution is -2.01. The number of nitrogens with zero attached hydrogens (tertiary/aromatic N) is 4. The summed E-state index contributed by atoms with van der Waals surface area (Å²) in [7, 11) is 3.40. The van der Waals surface area contributed by atoms with E-state index in [9.17, 15) is 4.39 Å². The van der Waals surface area contributed by atoms with Gasteiger partial charge in [-0.25, -0.2) is 4.68 Å². The molecule has 7 heteroatoms. The van der Waals surface area contributed by atoms with E-state index < -0.39 is 0 Å². The zero-order valence-corrected chi connectivity index (χ0v) is 9.83. The van der Waals surface area contributed by atoms with Crippen LogP contribution < -0.4 is 5.32 Å². The molecule has 0 amide bonds.